The van der Waals surface area contributed by atoms with Crippen molar-refractivity contribution in [2.75, 3.05) is 32.6 Å². The third-order valence-electron chi connectivity index (χ3n) is 5.04. The van der Waals surface area contributed by atoms with E-state index in [2.05, 4.69) is 4.90 Å². The Morgan fingerprint density at radius 1 is 1.36 bits per heavy atom. The van der Waals surface area contributed by atoms with Crippen molar-refractivity contribution >= 4 is 27.4 Å². The van der Waals surface area contributed by atoms with E-state index < -0.39 is 26.7 Å². The largest absolute Gasteiger partial charge is 0.490 e. The number of halogens is 4. The monoisotopic (exact) mass is 443 g/mol. The van der Waals surface area contributed by atoms with Crippen molar-refractivity contribution in [2.45, 2.75) is 23.9 Å². The lowest BCUT2D eigenvalue weighted by Gasteiger charge is -2.50. The molecule has 28 heavy (non-hydrogen) atoms. The van der Waals surface area contributed by atoms with Gasteiger partial charge in [-0.25, -0.2) is 13.2 Å². The number of rotatable bonds is 4. The minimum atomic E-state index is -5.08. The topological polar surface area (TPSA) is 83.9 Å². The molecule has 2 heterocycles. The summed E-state index contributed by atoms with van der Waals surface area (Å²) in [5, 5.41) is 7.86. The molecule has 2 fully saturated rings. The Morgan fingerprint density at radius 3 is 2.43 bits per heavy atom. The SMILES string of the molecule is COCC1CCS(=O)(=O)C12CN(Cc1ccccc1Cl)C2.O=C(O)C(F)(F)F. The van der Waals surface area contributed by atoms with Gasteiger partial charge in [-0.05, 0) is 18.1 Å². The second-order valence-electron chi connectivity index (χ2n) is 6.86. The summed E-state index contributed by atoms with van der Waals surface area (Å²) in [6.07, 6.45) is -4.36. The third kappa shape index (κ3) is 4.79. The lowest BCUT2D eigenvalue weighted by atomic mass is 9.83. The quantitative estimate of drug-likeness (QED) is 0.770. The Hall–Kier alpha value is -1.36. The molecule has 1 aromatic rings. The molecule has 1 aromatic carbocycles. The molecule has 0 bridgehead atoms. The Labute approximate surface area is 166 Å². The van der Waals surface area contributed by atoms with Gasteiger partial charge in [0.05, 0.1) is 12.4 Å². The number of hydrogen-bond acceptors (Lipinski definition) is 5. The molecule has 2 aliphatic heterocycles. The van der Waals surface area contributed by atoms with Crippen molar-refractivity contribution in [1.29, 1.82) is 0 Å². The maximum atomic E-state index is 12.4. The first-order chi connectivity index (χ1) is 12.9. The second-order valence-corrected chi connectivity index (χ2v) is 9.72. The first-order valence-corrected chi connectivity index (χ1v) is 10.4. The van der Waals surface area contributed by atoms with Crippen LogP contribution >= 0.6 is 11.6 Å². The fourth-order valence-electron chi connectivity index (χ4n) is 3.60. The molecular weight excluding hydrogens is 423 g/mol. The van der Waals surface area contributed by atoms with E-state index in [-0.39, 0.29) is 5.92 Å². The van der Waals surface area contributed by atoms with Gasteiger partial charge in [-0.3, -0.25) is 4.90 Å². The van der Waals surface area contributed by atoms with E-state index in [9.17, 15) is 21.6 Å². The van der Waals surface area contributed by atoms with Crippen molar-refractivity contribution in [3.8, 4) is 0 Å². The summed E-state index contributed by atoms with van der Waals surface area (Å²) in [6, 6.07) is 7.71. The zero-order valence-corrected chi connectivity index (χ0v) is 16.6. The number of likely N-dealkylation sites (tertiary alicyclic amines) is 1. The molecule has 0 aromatic heterocycles. The van der Waals surface area contributed by atoms with Gasteiger partial charge in [-0.2, -0.15) is 13.2 Å². The number of hydrogen-bond donors (Lipinski definition) is 1. The normalized spacial score (nSPS) is 23.0. The fraction of sp³-hybridized carbons (Fsp3) is 0.588. The van der Waals surface area contributed by atoms with Crippen LogP contribution in [0.1, 0.15) is 12.0 Å². The fourth-order valence-corrected chi connectivity index (χ4v) is 6.25. The molecule has 1 unspecified atom stereocenters. The van der Waals surface area contributed by atoms with Gasteiger partial charge in [0.1, 0.15) is 4.75 Å². The summed E-state index contributed by atoms with van der Waals surface area (Å²) in [4.78, 5) is 11.1. The number of nitrogens with zero attached hydrogens (tertiary/aromatic N) is 1. The summed E-state index contributed by atoms with van der Waals surface area (Å²) < 4.78 is 61.2. The summed E-state index contributed by atoms with van der Waals surface area (Å²) in [6.45, 7) is 2.42. The number of ether oxygens (including phenoxy) is 1. The average Bonchev–Trinajstić information content (AvgIpc) is 2.81. The Balaban J connectivity index is 0.000000345. The van der Waals surface area contributed by atoms with Gasteiger partial charge < -0.3 is 9.84 Å². The van der Waals surface area contributed by atoms with E-state index >= 15 is 0 Å². The molecule has 0 aliphatic carbocycles. The Bertz CT molecular complexity index is 809. The molecule has 1 N–H and O–H groups in total. The molecule has 0 radical (unpaired) electrons. The van der Waals surface area contributed by atoms with Crippen LogP contribution in [0.3, 0.4) is 0 Å². The summed E-state index contributed by atoms with van der Waals surface area (Å²) in [7, 11) is -1.37. The Kier molecular flexibility index (Phi) is 7.01. The molecule has 1 spiro atoms. The third-order valence-corrected chi connectivity index (χ3v) is 8.02. The summed E-state index contributed by atoms with van der Waals surface area (Å²) in [5.41, 5.74) is 1.05. The molecule has 158 valence electrons. The highest BCUT2D eigenvalue weighted by Gasteiger charge is 2.61. The van der Waals surface area contributed by atoms with Gasteiger partial charge in [0.25, 0.3) is 0 Å². The second kappa shape index (κ2) is 8.56. The number of alkyl halides is 3. The maximum Gasteiger partial charge on any atom is 0.490 e. The van der Waals surface area contributed by atoms with Gasteiger partial charge in [-0.1, -0.05) is 29.8 Å². The number of sulfone groups is 1. The molecular formula is C17H21ClF3NO5S. The average molecular weight is 444 g/mol. The van der Waals surface area contributed by atoms with E-state index in [1.807, 2.05) is 24.3 Å². The van der Waals surface area contributed by atoms with Crippen LogP contribution in [0, 0.1) is 5.92 Å². The smallest absolute Gasteiger partial charge is 0.475 e. The molecule has 0 amide bonds. The highest BCUT2D eigenvalue weighted by Crippen LogP contribution is 2.45. The van der Waals surface area contributed by atoms with Gasteiger partial charge in [0, 0.05) is 37.7 Å². The van der Waals surface area contributed by atoms with E-state index in [1.165, 1.54) is 0 Å². The number of carboxylic acids is 1. The van der Waals surface area contributed by atoms with Crippen LogP contribution in [0.25, 0.3) is 0 Å². The zero-order valence-electron chi connectivity index (χ0n) is 15.1. The van der Waals surface area contributed by atoms with E-state index in [1.54, 1.807) is 7.11 Å². The minimum absolute atomic E-state index is 0.120. The predicted octanol–water partition coefficient (Wildman–Crippen LogP) is 2.61. The summed E-state index contributed by atoms with van der Waals surface area (Å²) in [5.74, 6) is -2.34. The highest BCUT2D eigenvalue weighted by atomic mass is 35.5. The van der Waals surface area contributed by atoms with Crippen LogP contribution in [-0.2, 0) is 25.9 Å². The van der Waals surface area contributed by atoms with Crippen LogP contribution in [0.5, 0.6) is 0 Å². The lowest BCUT2D eigenvalue weighted by molar-refractivity contribution is -0.192. The van der Waals surface area contributed by atoms with E-state index in [0.29, 0.717) is 32.0 Å². The van der Waals surface area contributed by atoms with Crippen LogP contribution in [0.2, 0.25) is 5.02 Å². The van der Waals surface area contributed by atoms with E-state index in [0.717, 1.165) is 17.0 Å². The number of carboxylic acid groups (broad SMARTS) is 1. The first kappa shape index (κ1) is 22.9. The minimum Gasteiger partial charge on any atom is -0.475 e. The molecule has 3 rings (SSSR count). The lowest BCUT2D eigenvalue weighted by Crippen LogP contribution is -2.67. The van der Waals surface area contributed by atoms with Crippen LogP contribution < -0.4 is 0 Å². The van der Waals surface area contributed by atoms with Crippen LogP contribution in [0.15, 0.2) is 24.3 Å². The standard InChI is InChI=1S/C15H20ClNO3S.C2HF3O2/c1-20-9-13-6-7-21(18,19)15(13)10-17(11-15)8-12-4-2-3-5-14(12)16;3-2(4,5)1(6)7/h2-5,13H,6-11H2,1H3;(H,6,7). The molecule has 11 heteroatoms. The van der Waals surface area contributed by atoms with Crippen molar-refractivity contribution in [1.82, 2.24) is 4.90 Å². The van der Waals surface area contributed by atoms with Crippen LogP contribution in [-0.4, -0.2) is 67.9 Å². The molecule has 6 nitrogen and oxygen atoms in total. The van der Waals surface area contributed by atoms with Crippen molar-refractivity contribution in [3.05, 3.63) is 34.9 Å². The number of methoxy groups -OCH3 is 1. The van der Waals surface area contributed by atoms with Crippen LogP contribution in [0.4, 0.5) is 13.2 Å². The first-order valence-electron chi connectivity index (χ1n) is 8.40. The molecule has 2 aliphatic rings. The highest BCUT2D eigenvalue weighted by molar-refractivity contribution is 7.93. The summed E-state index contributed by atoms with van der Waals surface area (Å²) >= 11 is 6.17. The predicted molar refractivity (Wildman–Crippen MR) is 96.9 cm³/mol. The van der Waals surface area contributed by atoms with Gasteiger partial charge in [-0.15, -0.1) is 0 Å². The maximum absolute atomic E-state index is 12.4. The van der Waals surface area contributed by atoms with Gasteiger partial charge in [0.15, 0.2) is 9.84 Å². The number of aliphatic carboxylic acids is 1. The van der Waals surface area contributed by atoms with Crippen molar-refractivity contribution in [2.24, 2.45) is 5.92 Å². The van der Waals surface area contributed by atoms with Gasteiger partial charge in [0.2, 0.25) is 0 Å². The van der Waals surface area contributed by atoms with Crippen molar-refractivity contribution in [3.63, 3.8) is 0 Å². The van der Waals surface area contributed by atoms with E-state index in [4.69, 9.17) is 26.2 Å². The molecule has 1 atom stereocenters. The number of carbonyl (C=O) groups is 1. The molecule has 2 saturated heterocycles. The van der Waals surface area contributed by atoms with Gasteiger partial charge >= 0.3 is 12.1 Å². The Morgan fingerprint density at radius 2 is 1.93 bits per heavy atom. The number of benzene rings is 1. The molecule has 0 saturated carbocycles. The zero-order chi connectivity index (χ0) is 21.2. The van der Waals surface area contributed by atoms with Crippen molar-refractivity contribution < 1.29 is 36.2 Å².